The van der Waals surface area contributed by atoms with E-state index in [4.69, 9.17) is 4.42 Å². The molecule has 0 atom stereocenters. The second-order valence-electron chi connectivity index (χ2n) is 6.07. The van der Waals surface area contributed by atoms with Crippen LogP contribution >= 0.6 is 11.8 Å². The van der Waals surface area contributed by atoms with Crippen molar-refractivity contribution in [3.8, 4) is 0 Å². The number of carbonyl (C=O) groups is 1. The average Bonchev–Trinajstić information content (AvgIpc) is 2.56. The van der Waals surface area contributed by atoms with Gasteiger partial charge in [0.25, 0.3) is 0 Å². The largest absolute Gasteiger partial charge is 0.423 e. The number of benzene rings is 2. The Morgan fingerprint density at radius 2 is 1.92 bits per heavy atom. The predicted octanol–water partition coefficient (Wildman–Crippen LogP) is 4.42. The number of carbonyl (C=O) groups excluding carboxylic acids is 1. The van der Waals surface area contributed by atoms with Gasteiger partial charge in [-0.3, -0.25) is 4.79 Å². The van der Waals surface area contributed by atoms with Crippen LogP contribution in [0.15, 0.2) is 51.7 Å². The van der Waals surface area contributed by atoms with Gasteiger partial charge in [-0.2, -0.15) is 0 Å². The number of nitrogens with one attached hydrogen (secondary N) is 1. The van der Waals surface area contributed by atoms with E-state index in [-0.39, 0.29) is 11.7 Å². The highest BCUT2D eigenvalue weighted by molar-refractivity contribution is 7.99. The third-order valence-electron chi connectivity index (χ3n) is 4.04. The van der Waals surface area contributed by atoms with Gasteiger partial charge in [0.2, 0.25) is 5.91 Å². The SMILES string of the molecule is Cc1cc2oc(=O)cc(CSCC(=O)Nc3cccc(F)c3)c2cc1C. The lowest BCUT2D eigenvalue weighted by Crippen LogP contribution is -2.14. The maximum Gasteiger partial charge on any atom is 0.336 e. The van der Waals surface area contributed by atoms with Gasteiger partial charge in [-0.05, 0) is 60.9 Å². The Kier molecular flexibility index (Phi) is 5.42. The van der Waals surface area contributed by atoms with Crippen LogP contribution in [0.4, 0.5) is 10.1 Å². The summed E-state index contributed by atoms with van der Waals surface area (Å²) in [7, 11) is 0. The standard InChI is InChI=1S/C20H18FNO3S/c1-12-6-17-14(8-20(24)25-18(17)7-13(12)2)10-26-11-19(23)22-16-5-3-4-15(21)9-16/h3-9H,10-11H2,1-2H3,(H,22,23). The van der Waals surface area contributed by atoms with Crippen LogP contribution in [0.3, 0.4) is 0 Å². The van der Waals surface area contributed by atoms with E-state index in [9.17, 15) is 14.0 Å². The summed E-state index contributed by atoms with van der Waals surface area (Å²) < 4.78 is 18.4. The Morgan fingerprint density at radius 1 is 1.15 bits per heavy atom. The van der Waals surface area contributed by atoms with Crippen molar-refractivity contribution in [3.63, 3.8) is 0 Å². The third kappa shape index (κ3) is 4.32. The summed E-state index contributed by atoms with van der Waals surface area (Å²) in [6.45, 7) is 3.97. The molecule has 3 aromatic rings. The molecule has 1 amide bonds. The van der Waals surface area contributed by atoms with E-state index < -0.39 is 11.4 Å². The zero-order chi connectivity index (χ0) is 18.7. The van der Waals surface area contributed by atoms with Crippen LogP contribution in [0, 0.1) is 19.7 Å². The minimum atomic E-state index is -0.402. The number of fused-ring (bicyclic) bond motifs is 1. The number of halogens is 1. The molecule has 2 aromatic carbocycles. The monoisotopic (exact) mass is 371 g/mol. The molecule has 134 valence electrons. The molecular weight excluding hydrogens is 353 g/mol. The molecule has 26 heavy (non-hydrogen) atoms. The Bertz CT molecular complexity index is 1030. The average molecular weight is 371 g/mol. The number of anilines is 1. The minimum absolute atomic E-state index is 0.197. The molecule has 0 unspecified atom stereocenters. The molecule has 4 nitrogen and oxygen atoms in total. The van der Waals surface area contributed by atoms with Gasteiger partial charge in [-0.25, -0.2) is 9.18 Å². The molecule has 1 aromatic heterocycles. The normalized spacial score (nSPS) is 10.9. The van der Waals surface area contributed by atoms with Crippen molar-refractivity contribution in [2.45, 2.75) is 19.6 Å². The zero-order valence-electron chi connectivity index (χ0n) is 14.5. The van der Waals surface area contributed by atoms with Crippen LogP contribution in [-0.4, -0.2) is 11.7 Å². The van der Waals surface area contributed by atoms with Gasteiger partial charge in [0, 0.05) is 22.9 Å². The van der Waals surface area contributed by atoms with E-state index in [0.29, 0.717) is 17.0 Å². The first-order chi connectivity index (χ1) is 12.4. The summed E-state index contributed by atoms with van der Waals surface area (Å²) in [6.07, 6.45) is 0. The van der Waals surface area contributed by atoms with Gasteiger partial charge in [0.15, 0.2) is 0 Å². The quantitative estimate of drug-likeness (QED) is 0.675. The van der Waals surface area contributed by atoms with Gasteiger partial charge >= 0.3 is 5.63 Å². The molecule has 0 bridgehead atoms. The number of hydrogen-bond acceptors (Lipinski definition) is 4. The summed E-state index contributed by atoms with van der Waals surface area (Å²) in [5, 5.41) is 3.53. The van der Waals surface area contributed by atoms with Crippen LogP contribution in [-0.2, 0) is 10.5 Å². The maximum atomic E-state index is 13.1. The van der Waals surface area contributed by atoms with Gasteiger partial charge < -0.3 is 9.73 Å². The second kappa shape index (κ2) is 7.74. The van der Waals surface area contributed by atoms with Crippen LogP contribution in [0.25, 0.3) is 11.0 Å². The molecule has 0 fully saturated rings. The van der Waals surface area contributed by atoms with Gasteiger partial charge in [0.05, 0.1) is 5.75 Å². The number of hydrogen-bond donors (Lipinski definition) is 1. The molecule has 0 aliphatic heterocycles. The summed E-state index contributed by atoms with van der Waals surface area (Å²) in [6, 6.07) is 11.1. The van der Waals surface area contributed by atoms with Crippen molar-refractivity contribution >= 4 is 34.3 Å². The topological polar surface area (TPSA) is 59.3 Å². The Morgan fingerprint density at radius 3 is 2.69 bits per heavy atom. The zero-order valence-corrected chi connectivity index (χ0v) is 15.3. The van der Waals surface area contributed by atoms with Crippen molar-refractivity contribution in [3.05, 3.63) is 75.4 Å². The molecule has 0 saturated carbocycles. The minimum Gasteiger partial charge on any atom is -0.423 e. The van der Waals surface area contributed by atoms with E-state index in [1.54, 1.807) is 6.07 Å². The van der Waals surface area contributed by atoms with Crippen molar-refractivity contribution in [1.29, 1.82) is 0 Å². The molecule has 3 rings (SSSR count). The first-order valence-corrected chi connectivity index (χ1v) is 9.25. The fraction of sp³-hybridized carbons (Fsp3) is 0.200. The van der Waals surface area contributed by atoms with Crippen molar-refractivity contribution in [2.24, 2.45) is 0 Å². The summed E-state index contributed by atoms with van der Waals surface area (Å²) in [5.74, 6) is 0.0769. The van der Waals surface area contributed by atoms with E-state index in [2.05, 4.69) is 5.32 Å². The Hall–Kier alpha value is -2.60. The number of amides is 1. The highest BCUT2D eigenvalue weighted by Crippen LogP contribution is 2.24. The van der Waals surface area contributed by atoms with Crippen LogP contribution in [0.2, 0.25) is 0 Å². The van der Waals surface area contributed by atoms with E-state index >= 15 is 0 Å². The lowest BCUT2D eigenvalue weighted by atomic mass is 10.0. The lowest BCUT2D eigenvalue weighted by Gasteiger charge is -2.08. The number of thioether (sulfide) groups is 1. The Labute approximate surface area is 154 Å². The van der Waals surface area contributed by atoms with Gasteiger partial charge in [-0.15, -0.1) is 11.8 Å². The van der Waals surface area contributed by atoms with Crippen molar-refractivity contribution < 1.29 is 13.6 Å². The fourth-order valence-corrected chi connectivity index (χ4v) is 3.44. The molecule has 0 aliphatic rings. The molecule has 1 heterocycles. The second-order valence-corrected chi connectivity index (χ2v) is 7.06. The lowest BCUT2D eigenvalue weighted by molar-refractivity contribution is -0.113. The summed E-state index contributed by atoms with van der Waals surface area (Å²) >= 11 is 1.39. The van der Waals surface area contributed by atoms with E-state index in [1.807, 2.05) is 26.0 Å². The van der Waals surface area contributed by atoms with E-state index in [1.165, 1.54) is 36.0 Å². The first-order valence-electron chi connectivity index (χ1n) is 8.09. The molecule has 0 aliphatic carbocycles. The molecule has 0 radical (unpaired) electrons. The molecule has 0 spiro atoms. The molecule has 0 saturated heterocycles. The highest BCUT2D eigenvalue weighted by atomic mass is 32.2. The fourth-order valence-electron chi connectivity index (χ4n) is 2.62. The van der Waals surface area contributed by atoms with E-state index in [0.717, 1.165) is 22.1 Å². The smallest absolute Gasteiger partial charge is 0.336 e. The van der Waals surface area contributed by atoms with Gasteiger partial charge in [0.1, 0.15) is 11.4 Å². The number of aryl methyl sites for hydroxylation is 2. The Balaban J connectivity index is 1.69. The molecular formula is C20H18FNO3S. The predicted molar refractivity (Wildman–Crippen MR) is 103 cm³/mol. The van der Waals surface area contributed by atoms with Crippen molar-refractivity contribution in [1.82, 2.24) is 0 Å². The summed E-state index contributed by atoms with van der Waals surface area (Å²) in [5.41, 5.74) is 3.58. The third-order valence-corrected chi connectivity index (χ3v) is 5.03. The van der Waals surface area contributed by atoms with Crippen LogP contribution < -0.4 is 10.9 Å². The number of rotatable bonds is 5. The maximum absolute atomic E-state index is 13.1. The first kappa shape index (κ1) is 18.2. The summed E-state index contributed by atoms with van der Waals surface area (Å²) in [4.78, 5) is 23.8. The van der Waals surface area contributed by atoms with Crippen LogP contribution in [0.5, 0.6) is 0 Å². The van der Waals surface area contributed by atoms with Crippen molar-refractivity contribution in [2.75, 3.05) is 11.1 Å². The molecule has 1 N–H and O–H groups in total. The van der Waals surface area contributed by atoms with Gasteiger partial charge in [-0.1, -0.05) is 6.07 Å². The highest BCUT2D eigenvalue weighted by Gasteiger charge is 2.09. The molecule has 6 heteroatoms. The van der Waals surface area contributed by atoms with Crippen LogP contribution in [0.1, 0.15) is 16.7 Å².